The average Bonchev–Trinajstić information content (AvgIpc) is 3.11. The Bertz CT molecular complexity index is 1070. The Balaban J connectivity index is 1.47. The molecule has 3 amide bonds. The number of amides is 3. The highest BCUT2D eigenvalue weighted by Gasteiger charge is 2.30. The molecule has 4 rings (SSSR count). The molecular weight excluding hydrogens is 410 g/mol. The fourth-order valence-corrected chi connectivity index (χ4v) is 5.00. The van der Waals surface area contributed by atoms with E-state index in [9.17, 15) is 18.0 Å². The van der Waals surface area contributed by atoms with Crippen molar-refractivity contribution in [3.8, 4) is 0 Å². The summed E-state index contributed by atoms with van der Waals surface area (Å²) in [7, 11) is -3.23. The van der Waals surface area contributed by atoms with E-state index in [1.807, 2.05) is 18.2 Å². The standard InChI is InChI=1S/C19H25N5O5S/c1-13(2)30(27,28)23-9-7-22(8-10-23)12-14-3-4-16-15(11-14)18(21-29-16)24-6-5-17(25)20-19(24)26/h3-4,11,13H,5-10,12H2,1-2H3,(H,20,25,26). The first-order chi connectivity index (χ1) is 14.3. The molecule has 3 heterocycles. The Hall–Kier alpha value is -2.50. The molecule has 2 fully saturated rings. The van der Waals surface area contributed by atoms with E-state index in [4.69, 9.17) is 4.52 Å². The summed E-state index contributed by atoms with van der Waals surface area (Å²) in [5.41, 5.74) is 1.58. The molecule has 1 N–H and O–H groups in total. The van der Waals surface area contributed by atoms with E-state index in [1.165, 1.54) is 4.90 Å². The van der Waals surface area contributed by atoms with Gasteiger partial charge in [0.15, 0.2) is 11.4 Å². The number of urea groups is 1. The van der Waals surface area contributed by atoms with E-state index >= 15 is 0 Å². The molecule has 1 aromatic heterocycles. The lowest BCUT2D eigenvalue weighted by molar-refractivity contribution is -0.120. The van der Waals surface area contributed by atoms with Gasteiger partial charge in [-0.25, -0.2) is 13.2 Å². The second kappa shape index (κ2) is 7.97. The van der Waals surface area contributed by atoms with Crippen molar-refractivity contribution in [2.24, 2.45) is 0 Å². The second-order valence-corrected chi connectivity index (χ2v) is 10.3. The predicted octanol–water partition coefficient (Wildman–Crippen LogP) is 1.13. The minimum Gasteiger partial charge on any atom is -0.354 e. The number of carbonyl (C=O) groups excluding carboxylic acids is 2. The predicted molar refractivity (Wildman–Crippen MR) is 110 cm³/mol. The number of rotatable bonds is 5. The number of sulfonamides is 1. The van der Waals surface area contributed by atoms with Crippen LogP contribution < -0.4 is 10.2 Å². The van der Waals surface area contributed by atoms with Crippen LogP contribution in [0.1, 0.15) is 25.8 Å². The third-order valence-electron chi connectivity index (χ3n) is 5.52. The fraction of sp³-hybridized carbons (Fsp3) is 0.526. The molecular formula is C19H25N5O5S. The summed E-state index contributed by atoms with van der Waals surface area (Å²) in [5.74, 6) is 0.0908. The van der Waals surface area contributed by atoms with Crippen LogP contribution in [0.25, 0.3) is 11.0 Å². The minimum atomic E-state index is -3.23. The number of benzene rings is 1. The molecule has 11 heteroatoms. The van der Waals surface area contributed by atoms with E-state index in [2.05, 4.69) is 15.4 Å². The molecule has 0 unspecified atom stereocenters. The topological polar surface area (TPSA) is 116 Å². The Morgan fingerprint density at radius 3 is 2.53 bits per heavy atom. The van der Waals surface area contributed by atoms with Crippen molar-refractivity contribution in [1.29, 1.82) is 0 Å². The average molecular weight is 436 g/mol. The first-order valence-corrected chi connectivity index (χ1v) is 11.5. The van der Waals surface area contributed by atoms with Gasteiger partial charge in [-0.05, 0) is 31.5 Å². The van der Waals surface area contributed by atoms with Crippen LogP contribution in [0.2, 0.25) is 0 Å². The van der Waals surface area contributed by atoms with Gasteiger partial charge in [0, 0.05) is 45.7 Å². The van der Waals surface area contributed by atoms with Gasteiger partial charge in [0.1, 0.15) is 0 Å². The van der Waals surface area contributed by atoms with Crippen molar-refractivity contribution >= 4 is 38.7 Å². The number of fused-ring (bicyclic) bond motifs is 1. The molecule has 0 radical (unpaired) electrons. The maximum absolute atomic E-state index is 12.3. The van der Waals surface area contributed by atoms with Crippen molar-refractivity contribution in [1.82, 2.24) is 19.7 Å². The van der Waals surface area contributed by atoms with Gasteiger partial charge >= 0.3 is 6.03 Å². The molecule has 162 valence electrons. The van der Waals surface area contributed by atoms with E-state index < -0.39 is 21.3 Å². The third-order valence-corrected chi connectivity index (χ3v) is 7.79. The van der Waals surface area contributed by atoms with E-state index in [0.717, 1.165) is 5.56 Å². The highest BCUT2D eigenvalue weighted by Crippen LogP contribution is 2.29. The fourth-order valence-electron chi connectivity index (χ4n) is 3.73. The molecule has 2 saturated heterocycles. The lowest BCUT2D eigenvalue weighted by Gasteiger charge is -2.34. The number of nitrogens with zero attached hydrogens (tertiary/aromatic N) is 4. The summed E-state index contributed by atoms with van der Waals surface area (Å²) in [6.45, 7) is 6.56. The summed E-state index contributed by atoms with van der Waals surface area (Å²) in [5, 5.41) is 6.61. The number of anilines is 1. The summed E-state index contributed by atoms with van der Waals surface area (Å²) in [6, 6.07) is 5.18. The van der Waals surface area contributed by atoms with Gasteiger partial charge in [-0.1, -0.05) is 11.2 Å². The van der Waals surface area contributed by atoms with E-state index in [-0.39, 0.29) is 18.9 Å². The number of hydrogen-bond acceptors (Lipinski definition) is 7. The van der Waals surface area contributed by atoms with Gasteiger partial charge < -0.3 is 4.52 Å². The largest absolute Gasteiger partial charge is 0.354 e. The number of aromatic nitrogens is 1. The van der Waals surface area contributed by atoms with Crippen molar-refractivity contribution in [2.75, 3.05) is 37.6 Å². The molecule has 0 saturated carbocycles. The molecule has 0 aliphatic carbocycles. The van der Waals surface area contributed by atoms with Gasteiger partial charge in [0.25, 0.3) is 0 Å². The van der Waals surface area contributed by atoms with Crippen LogP contribution in [0, 0.1) is 0 Å². The summed E-state index contributed by atoms with van der Waals surface area (Å²) in [6.07, 6.45) is 0.212. The van der Waals surface area contributed by atoms with Crippen LogP contribution in [0.15, 0.2) is 22.7 Å². The Morgan fingerprint density at radius 1 is 1.13 bits per heavy atom. The monoisotopic (exact) mass is 435 g/mol. The van der Waals surface area contributed by atoms with Crippen LogP contribution in [0.4, 0.5) is 10.6 Å². The molecule has 0 spiro atoms. The maximum atomic E-state index is 12.3. The lowest BCUT2D eigenvalue weighted by Crippen LogP contribution is -2.50. The lowest BCUT2D eigenvalue weighted by atomic mass is 10.1. The van der Waals surface area contributed by atoms with Crippen LogP contribution in [0.5, 0.6) is 0 Å². The zero-order valence-electron chi connectivity index (χ0n) is 17.0. The van der Waals surface area contributed by atoms with E-state index in [1.54, 1.807) is 18.2 Å². The molecule has 2 aromatic rings. The van der Waals surface area contributed by atoms with Crippen molar-refractivity contribution in [3.63, 3.8) is 0 Å². The number of carbonyl (C=O) groups is 2. The molecule has 0 bridgehead atoms. The normalized spacial score (nSPS) is 19.6. The SMILES string of the molecule is CC(C)S(=O)(=O)N1CCN(Cc2ccc3onc(N4CCC(=O)NC4=O)c3c2)CC1. The number of piperazine rings is 1. The first-order valence-electron chi connectivity index (χ1n) is 9.96. The van der Waals surface area contributed by atoms with Gasteiger partial charge in [0.2, 0.25) is 15.9 Å². The van der Waals surface area contributed by atoms with E-state index in [0.29, 0.717) is 49.5 Å². The van der Waals surface area contributed by atoms with Crippen LogP contribution in [-0.4, -0.2) is 72.7 Å². The zero-order valence-corrected chi connectivity index (χ0v) is 17.8. The Labute approximate surface area is 174 Å². The third kappa shape index (κ3) is 3.92. The Morgan fingerprint density at radius 2 is 1.87 bits per heavy atom. The molecule has 1 aromatic carbocycles. The van der Waals surface area contributed by atoms with Gasteiger partial charge in [0.05, 0.1) is 10.6 Å². The second-order valence-electron chi connectivity index (χ2n) is 7.86. The van der Waals surface area contributed by atoms with Crippen LogP contribution in [-0.2, 0) is 21.4 Å². The minimum absolute atomic E-state index is 0.212. The highest BCUT2D eigenvalue weighted by molar-refractivity contribution is 7.89. The smallest absolute Gasteiger partial charge is 0.329 e. The number of hydrogen-bond donors (Lipinski definition) is 1. The molecule has 10 nitrogen and oxygen atoms in total. The summed E-state index contributed by atoms with van der Waals surface area (Å²) >= 11 is 0. The Kier molecular flexibility index (Phi) is 5.51. The van der Waals surface area contributed by atoms with Crippen LogP contribution in [0.3, 0.4) is 0 Å². The van der Waals surface area contributed by atoms with Gasteiger partial charge in [-0.3, -0.25) is 19.9 Å². The quantitative estimate of drug-likeness (QED) is 0.748. The summed E-state index contributed by atoms with van der Waals surface area (Å²) in [4.78, 5) is 27.2. The zero-order chi connectivity index (χ0) is 21.5. The van der Waals surface area contributed by atoms with Gasteiger partial charge in [-0.2, -0.15) is 4.31 Å². The van der Waals surface area contributed by atoms with Crippen molar-refractivity contribution < 1.29 is 22.5 Å². The van der Waals surface area contributed by atoms with Crippen molar-refractivity contribution in [2.45, 2.75) is 32.1 Å². The van der Waals surface area contributed by atoms with Crippen LogP contribution >= 0.6 is 0 Å². The number of nitrogens with one attached hydrogen (secondary N) is 1. The highest BCUT2D eigenvalue weighted by atomic mass is 32.2. The number of imide groups is 1. The molecule has 2 aliphatic rings. The molecule has 30 heavy (non-hydrogen) atoms. The first kappa shape index (κ1) is 20.8. The molecule has 2 aliphatic heterocycles. The molecule has 0 atom stereocenters. The van der Waals surface area contributed by atoms with Gasteiger partial charge in [-0.15, -0.1) is 0 Å². The van der Waals surface area contributed by atoms with Crippen molar-refractivity contribution in [3.05, 3.63) is 23.8 Å². The maximum Gasteiger partial charge on any atom is 0.329 e. The summed E-state index contributed by atoms with van der Waals surface area (Å²) < 4.78 is 31.6.